The number of amides is 4. The molecule has 6 heteroatoms. The maximum Gasteiger partial charge on any atom is 0.254 e. The zero-order valence-electron chi connectivity index (χ0n) is 14.2. The van der Waals surface area contributed by atoms with Gasteiger partial charge >= 0.3 is 0 Å². The van der Waals surface area contributed by atoms with Crippen LogP contribution in [0.1, 0.15) is 46.5 Å². The number of hydrogen-bond donors (Lipinski definition) is 0. The third-order valence-electron chi connectivity index (χ3n) is 5.80. The van der Waals surface area contributed by atoms with Gasteiger partial charge in [0.15, 0.2) is 0 Å². The number of imide groups is 2. The van der Waals surface area contributed by atoms with Crippen LogP contribution < -0.4 is 0 Å². The average molecular weight is 330 g/mol. The Hall–Kier alpha value is -2.24. The van der Waals surface area contributed by atoms with E-state index >= 15 is 0 Å². The molecule has 1 saturated carbocycles. The second-order valence-corrected chi connectivity index (χ2v) is 7.62. The summed E-state index contributed by atoms with van der Waals surface area (Å²) in [6, 6.07) is 0. The van der Waals surface area contributed by atoms with Gasteiger partial charge in [-0.2, -0.15) is 0 Å². The van der Waals surface area contributed by atoms with E-state index in [0.717, 1.165) is 12.8 Å². The Morgan fingerprint density at radius 2 is 1.29 bits per heavy atom. The summed E-state index contributed by atoms with van der Waals surface area (Å²) in [6.45, 7) is 5.76. The minimum Gasteiger partial charge on any atom is -0.269 e. The van der Waals surface area contributed by atoms with Crippen LogP contribution in [0.3, 0.4) is 0 Å². The predicted octanol–water partition coefficient (Wildman–Crippen LogP) is 1.56. The van der Waals surface area contributed by atoms with Gasteiger partial charge in [-0.05, 0) is 52.4 Å². The van der Waals surface area contributed by atoms with E-state index in [2.05, 4.69) is 0 Å². The zero-order valence-corrected chi connectivity index (χ0v) is 14.2. The first-order valence-corrected chi connectivity index (χ1v) is 8.29. The third kappa shape index (κ3) is 2.41. The quantitative estimate of drug-likeness (QED) is 0.736. The van der Waals surface area contributed by atoms with Crippen LogP contribution in [0.25, 0.3) is 0 Å². The van der Waals surface area contributed by atoms with Gasteiger partial charge in [-0.25, -0.2) is 0 Å². The Bertz CT molecular complexity index is 645. The molecular weight excluding hydrogens is 308 g/mol. The molecular formula is C18H22N2O4. The molecule has 0 aromatic heterocycles. The molecule has 1 fully saturated rings. The van der Waals surface area contributed by atoms with E-state index in [1.165, 1.54) is 34.1 Å². The average Bonchev–Trinajstić information content (AvgIpc) is 3.02. The largest absolute Gasteiger partial charge is 0.269 e. The highest BCUT2D eigenvalue weighted by Gasteiger charge is 2.48. The van der Waals surface area contributed by atoms with E-state index in [-0.39, 0.29) is 29.5 Å². The molecule has 1 aliphatic carbocycles. The Labute approximate surface area is 141 Å². The van der Waals surface area contributed by atoms with Crippen molar-refractivity contribution < 1.29 is 19.2 Å². The fourth-order valence-electron chi connectivity index (χ4n) is 4.25. The molecule has 2 heterocycles. The fraction of sp³-hybridized carbons (Fsp3) is 0.556. The Morgan fingerprint density at radius 3 is 1.75 bits per heavy atom. The molecule has 0 bridgehead atoms. The summed E-state index contributed by atoms with van der Waals surface area (Å²) < 4.78 is 0. The number of carbonyl (C=O) groups excluding carboxylic acids is 4. The van der Waals surface area contributed by atoms with Gasteiger partial charge in [0.25, 0.3) is 23.6 Å². The molecule has 24 heavy (non-hydrogen) atoms. The molecule has 0 radical (unpaired) electrons. The standard InChI is InChI=1S/C18H22N2O4/c1-17(2,19-13(21)4-5-14(19)22)12-8-10-18(3,11-9-12)20-15(23)6-7-16(20)24/h4-7,12H,8-11H2,1-3H3. The summed E-state index contributed by atoms with van der Waals surface area (Å²) >= 11 is 0. The molecule has 6 nitrogen and oxygen atoms in total. The molecule has 3 aliphatic rings. The van der Waals surface area contributed by atoms with Crippen LogP contribution in [0.2, 0.25) is 0 Å². The van der Waals surface area contributed by atoms with E-state index < -0.39 is 11.1 Å². The number of carbonyl (C=O) groups is 4. The minimum atomic E-state index is -0.587. The number of nitrogens with zero attached hydrogens (tertiary/aromatic N) is 2. The van der Waals surface area contributed by atoms with Gasteiger partial charge in [-0.1, -0.05) is 0 Å². The van der Waals surface area contributed by atoms with Crippen molar-refractivity contribution in [2.45, 2.75) is 57.5 Å². The second kappa shape index (κ2) is 5.40. The lowest BCUT2D eigenvalue weighted by atomic mass is 9.69. The van der Waals surface area contributed by atoms with Crippen molar-refractivity contribution in [2.24, 2.45) is 5.92 Å². The van der Waals surface area contributed by atoms with E-state index in [1.54, 1.807) is 0 Å². The SMILES string of the molecule is CC1(N2C(=O)C=CC2=O)CCC(C(C)(C)N2C(=O)C=CC2=O)CC1. The van der Waals surface area contributed by atoms with Crippen molar-refractivity contribution in [3.05, 3.63) is 24.3 Å². The van der Waals surface area contributed by atoms with Gasteiger partial charge in [-0.3, -0.25) is 29.0 Å². The van der Waals surface area contributed by atoms with E-state index in [0.29, 0.717) is 12.8 Å². The second-order valence-electron chi connectivity index (χ2n) is 7.62. The van der Waals surface area contributed by atoms with Gasteiger partial charge in [-0.15, -0.1) is 0 Å². The summed E-state index contributed by atoms with van der Waals surface area (Å²) in [5.74, 6) is -0.914. The lowest BCUT2D eigenvalue weighted by molar-refractivity contribution is -0.147. The van der Waals surface area contributed by atoms with Gasteiger partial charge in [0.05, 0.1) is 0 Å². The molecule has 2 aliphatic heterocycles. The van der Waals surface area contributed by atoms with Crippen LogP contribution in [0.4, 0.5) is 0 Å². The van der Waals surface area contributed by atoms with Gasteiger partial charge in [0, 0.05) is 35.4 Å². The first-order chi connectivity index (χ1) is 11.2. The summed E-state index contributed by atoms with van der Waals surface area (Å²) in [6.07, 6.45) is 8.09. The summed E-state index contributed by atoms with van der Waals surface area (Å²) in [5, 5.41) is 0. The van der Waals surface area contributed by atoms with Crippen LogP contribution in [0.5, 0.6) is 0 Å². The van der Waals surface area contributed by atoms with Crippen LogP contribution in [0, 0.1) is 5.92 Å². The molecule has 128 valence electrons. The maximum absolute atomic E-state index is 12.0. The van der Waals surface area contributed by atoms with Crippen LogP contribution in [-0.2, 0) is 19.2 Å². The highest BCUT2D eigenvalue weighted by Crippen LogP contribution is 2.43. The van der Waals surface area contributed by atoms with E-state index in [9.17, 15) is 19.2 Å². The van der Waals surface area contributed by atoms with Crippen LogP contribution in [0.15, 0.2) is 24.3 Å². The monoisotopic (exact) mass is 330 g/mol. The van der Waals surface area contributed by atoms with Crippen molar-refractivity contribution in [1.29, 1.82) is 0 Å². The number of rotatable bonds is 3. The summed E-state index contributed by atoms with van der Waals surface area (Å²) in [4.78, 5) is 50.6. The van der Waals surface area contributed by atoms with Crippen molar-refractivity contribution in [3.8, 4) is 0 Å². The molecule has 0 N–H and O–H groups in total. The fourth-order valence-corrected chi connectivity index (χ4v) is 4.25. The highest BCUT2D eigenvalue weighted by molar-refractivity contribution is 6.14. The summed E-state index contributed by atoms with van der Waals surface area (Å²) in [5.41, 5.74) is -1.09. The first-order valence-electron chi connectivity index (χ1n) is 8.29. The van der Waals surface area contributed by atoms with Gasteiger partial charge in [0.1, 0.15) is 0 Å². The van der Waals surface area contributed by atoms with Crippen LogP contribution in [-0.4, -0.2) is 44.5 Å². The zero-order chi connectivity index (χ0) is 17.7. The van der Waals surface area contributed by atoms with E-state index in [4.69, 9.17) is 0 Å². The van der Waals surface area contributed by atoms with Crippen molar-refractivity contribution >= 4 is 23.6 Å². The lowest BCUT2D eigenvalue weighted by Crippen LogP contribution is -2.57. The first kappa shape index (κ1) is 16.6. The highest BCUT2D eigenvalue weighted by atomic mass is 16.2. The minimum absolute atomic E-state index is 0.138. The molecule has 3 rings (SSSR count). The molecule has 0 aromatic carbocycles. The molecule has 0 atom stereocenters. The summed E-state index contributed by atoms with van der Waals surface area (Å²) in [7, 11) is 0. The van der Waals surface area contributed by atoms with Crippen molar-refractivity contribution in [3.63, 3.8) is 0 Å². The maximum atomic E-state index is 12.0. The third-order valence-corrected chi connectivity index (χ3v) is 5.80. The molecule has 4 amide bonds. The Morgan fingerprint density at radius 1 is 0.875 bits per heavy atom. The Kier molecular flexibility index (Phi) is 3.73. The topological polar surface area (TPSA) is 74.8 Å². The van der Waals surface area contributed by atoms with Gasteiger partial charge < -0.3 is 0 Å². The molecule has 0 unspecified atom stereocenters. The van der Waals surface area contributed by atoms with E-state index in [1.807, 2.05) is 20.8 Å². The lowest BCUT2D eigenvalue weighted by Gasteiger charge is -2.48. The Balaban J connectivity index is 1.73. The van der Waals surface area contributed by atoms with Crippen molar-refractivity contribution in [2.75, 3.05) is 0 Å². The molecule has 0 aromatic rings. The molecule has 0 spiro atoms. The molecule has 0 saturated heterocycles. The van der Waals surface area contributed by atoms with Crippen LogP contribution >= 0.6 is 0 Å². The predicted molar refractivity (Wildman–Crippen MR) is 86.4 cm³/mol. The van der Waals surface area contributed by atoms with Gasteiger partial charge in [0.2, 0.25) is 0 Å². The smallest absolute Gasteiger partial charge is 0.254 e. The van der Waals surface area contributed by atoms with Crippen molar-refractivity contribution in [1.82, 2.24) is 9.80 Å². The normalized spacial score (nSPS) is 30.9. The number of hydrogen-bond acceptors (Lipinski definition) is 4.